The van der Waals surface area contributed by atoms with Crippen LogP contribution in [0.25, 0.3) is 11.0 Å². The fourth-order valence-electron chi connectivity index (χ4n) is 3.31. The maximum atomic E-state index is 13.1. The number of benzene rings is 2. The number of rotatable bonds is 2. The number of carbonyl (C=O) groups excluding carboxylic acids is 1. The largest absolute Gasteiger partial charge is 0.504 e. The minimum Gasteiger partial charge on any atom is -0.504 e. The van der Waals surface area contributed by atoms with Crippen molar-refractivity contribution in [1.82, 2.24) is 4.90 Å². The molecule has 3 aromatic rings. The van der Waals surface area contributed by atoms with Gasteiger partial charge in [-0.3, -0.25) is 9.59 Å². The zero-order valence-corrected chi connectivity index (χ0v) is 14.7. The Kier molecular flexibility index (Phi) is 3.66. The number of nitrogens with zero attached hydrogens (tertiary/aromatic N) is 1. The first-order chi connectivity index (χ1) is 12.4. The van der Waals surface area contributed by atoms with Gasteiger partial charge in [0, 0.05) is 12.1 Å². The van der Waals surface area contributed by atoms with Gasteiger partial charge in [0.15, 0.2) is 16.9 Å². The van der Waals surface area contributed by atoms with Crippen molar-refractivity contribution in [1.29, 1.82) is 0 Å². The minimum atomic E-state index is -0.647. The van der Waals surface area contributed by atoms with Gasteiger partial charge in [-0.2, -0.15) is 0 Å². The summed E-state index contributed by atoms with van der Waals surface area (Å²) in [7, 11) is 3.03. The van der Waals surface area contributed by atoms with Crippen molar-refractivity contribution in [3.05, 3.63) is 68.5 Å². The van der Waals surface area contributed by atoms with Gasteiger partial charge in [-0.15, -0.1) is 0 Å². The average Bonchev–Trinajstić information content (AvgIpc) is 2.88. The van der Waals surface area contributed by atoms with E-state index in [1.54, 1.807) is 31.3 Å². The van der Waals surface area contributed by atoms with E-state index in [-0.39, 0.29) is 34.2 Å². The van der Waals surface area contributed by atoms with Gasteiger partial charge in [0.1, 0.15) is 5.58 Å². The molecule has 1 amide bonds. The van der Waals surface area contributed by atoms with E-state index in [1.807, 2.05) is 0 Å². The maximum absolute atomic E-state index is 13.1. The Balaban J connectivity index is 2.01. The molecule has 1 aliphatic heterocycles. The summed E-state index contributed by atoms with van der Waals surface area (Å²) >= 11 is 6.01. The van der Waals surface area contributed by atoms with Crippen LogP contribution < -0.4 is 10.2 Å². The van der Waals surface area contributed by atoms with Crippen LogP contribution in [-0.4, -0.2) is 30.1 Å². The Bertz CT molecular complexity index is 1120. The van der Waals surface area contributed by atoms with Crippen LogP contribution in [0.15, 0.2) is 45.6 Å². The molecule has 7 heteroatoms. The van der Waals surface area contributed by atoms with Crippen molar-refractivity contribution in [2.24, 2.45) is 0 Å². The maximum Gasteiger partial charge on any atom is 0.290 e. The van der Waals surface area contributed by atoms with E-state index in [9.17, 15) is 14.7 Å². The molecule has 1 atom stereocenters. The smallest absolute Gasteiger partial charge is 0.290 e. The number of hydrogen-bond acceptors (Lipinski definition) is 5. The second-order valence-corrected chi connectivity index (χ2v) is 6.50. The van der Waals surface area contributed by atoms with Crippen molar-refractivity contribution >= 4 is 28.5 Å². The first kappa shape index (κ1) is 16.5. The van der Waals surface area contributed by atoms with Gasteiger partial charge in [0.05, 0.1) is 24.1 Å². The zero-order chi connectivity index (χ0) is 18.6. The zero-order valence-electron chi connectivity index (χ0n) is 13.9. The first-order valence-electron chi connectivity index (χ1n) is 7.82. The predicted molar refractivity (Wildman–Crippen MR) is 96.1 cm³/mol. The third-order valence-electron chi connectivity index (χ3n) is 4.58. The quantitative estimate of drug-likeness (QED) is 0.747. The molecule has 4 rings (SSSR count). The Morgan fingerprint density at radius 3 is 2.69 bits per heavy atom. The fraction of sp³-hybridized carbons (Fsp3) is 0.158. The molecular weight excluding hydrogens is 358 g/mol. The Hall–Kier alpha value is -2.99. The molecule has 1 unspecified atom stereocenters. The normalized spacial score (nSPS) is 16.2. The Labute approximate surface area is 153 Å². The van der Waals surface area contributed by atoms with Crippen molar-refractivity contribution in [3.8, 4) is 11.5 Å². The summed E-state index contributed by atoms with van der Waals surface area (Å²) in [6, 6.07) is 8.76. The molecule has 132 valence electrons. The highest BCUT2D eigenvalue weighted by Crippen LogP contribution is 2.39. The molecule has 26 heavy (non-hydrogen) atoms. The van der Waals surface area contributed by atoms with Crippen LogP contribution >= 0.6 is 11.6 Å². The van der Waals surface area contributed by atoms with E-state index in [4.69, 9.17) is 20.8 Å². The average molecular weight is 372 g/mol. The molecule has 0 aliphatic carbocycles. The predicted octanol–water partition coefficient (Wildman–Crippen LogP) is 3.34. The molecule has 1 N–H and O–H groups in total. The second-order valence-electron chi connectivity index (χ2n) is 6.06. The van der Waals surface area contributed by atoms with E-state index >= 15 is 0 Å². The number of methoxy groups -OCH3 is 1. The number of aromatic hydroxyl groups is 1. The van der Waals surface area contributed by atoms with Crippen molar-refractivity contribution in [2.45, 2.75) is 6.04 Å². The van der Waals surface area contributed by atoms with E-state index in [0.717, 1.165) is 0 Å². The molecule has 0 spiro atoms. The third kappa shape index (κ3) is 2.26. The Morgan fingerprint density at radius 1 is 1.19 bits per heavy atom. The van der Waals surface area contributed by atoms with E-state index < -0.39 is 6.04 Å². The van der Waals surface area contributed by atoms with Gasteiger partial charge in [0.2, 0.25) is 5.76 Å². The minimum absolute atomic E-state index is 0.0179. The summed E-state index contributed by atoms with van der Waals surface area (Å²) in [5.74, 6) is -0.138. The summed E-state index contributed by atoms with van der Waals surface area (Å²) in [4.78, 5) is 27.2. The molecule has 0 saturated heterocycles. The molecule has 1 aliphatic rings. The number of phenolic OH excluding ortho intramolecular Hbond substituents is 1. The summed E-state index contributed by atoms with van der Waals surface area (Å²) in [6.07, 6.45) is 0. The highest BCUT2D eigenvalue weighted by Gasteiger charge is 2.40. The van der Waals surface area contributed by atoms with Gasteiger partial charge >= 0.3 is 0 Å². The number of fused-ring (bicyclic) bond motifs is 2. The molecule has 0 fully saturated rings. The van der Waals surface area contributed by atoms with Gasteiger partial charge in [0.25, 0.3) is 5.91 Å². The van der Waals surface area contributed by atoms with Gasteiger partial charge in [-0.1, -0.05) is 17.7 Å². The summed E-state index contributed by atoms with van der Waals surface area (Å²) < 4.78 is 10.9. The first-order valence-corrected chi connectivity index (χ1v) is 8.20. The molecule has 2 aromatic carbocycles. The lowest BCUT2D eigenvalue weighted by atomic mass is 9.98. The van der Waals surface area contributed by atoms with Crippen LogP contribution in [-0.2, 0) is 0 Å². The molecule has 0 bridgehead atoms. The van der Waals surface area contributed by atoms with Gasteiger partial charge < -0.3 is 19.2 Å². The van der Waals surface area contributed by atoms with Gasteiger partial charge in [-0.05, 0) is 35.9 Å². The molecule has 2 heterocycles. The number of amides is 1. The fourth-order valence-corrected chi connectivity index (χ4v) is 3.49. The number of ether oxygens (including phenoxy) is 1. The Morgan fingerprint density at radius 2 is 1.96 bits per heavy atom. The van der Waals surface area contributed by atoms with Crippen LogP contribution in [0.2, 0.25) is 5.02 Å². The number of halogens is 1. The standard InChI is InChI=1S/C19H14ClNO5/c1-21-16(9-3-5-12(22)14(7-9)25-2)15-17(23)11-8-10(20)4-6-13(11)26-18(15)19(21)24/h3-8,16,22H,1-2H3. The summed E-state index contributed by atoms with van der Waals surface area (Å²) in [5.41, 5.74) is 0.880. The lowest BCUT2D eigenvalue weighted by Crippen LogP contribution is -2.25. The number of phenols is 1. The number of hydrogen-bond donors (Lipinski definition) is 1. The monoisotopic (exact) mass is 371 g/mol. The highest BCUT2D eigenvalue weighted by molar-refractivity contribution is 6.31. The molecule has 0 radical (unpaired) electrons. The second kappa shape index (κ2) is 5.78. The topological polar surface area (TPSA) is 80.0 Å². The van der Waals surface area contributed by atoms with Crippen LogP contribution in [0, 0.1) is 0 Å². The lowest BCUT2D eigenvalue weighted by Gasteiger charge is -2.21. The molecule has 0 saturated carbocycles. The molecular formula is C19H14ClNO5. The van der Waals surface area contributed by atoms with Crippen molar-refractivity contribution < 1.29 is 19.1 Å². The molecule has 1 aromatic heterocycles. The van der Waals surface area contributed by atoms with Crippen LogP contribution in [0.3, 0.4) is 0 Å². The number of carbonyl (C=O) groups is 1. The molecule has 6 nitrogen and oxygen atoms in total. The highest BCUT2D eigenvalue weighted by atomic mass is 35.5. The van der Waals surface area contributed by atoms with Crippen LogP contribution in [0.5, 0.6) is 11.5 Å². The van der Waals surface area contributed by atoms with Crippen LogP contribution in [0.4, 0.5) is 0 Å². The van der Waals surface area contributed by atoms with E-state index in [2.05, 4.69) is 0 Å². The lowest BCUT2D eigenvalue weighted by molar-refractivity contribution is 0.0771. The van der Waals surface area contributed by atoms with E-state index in [1.165, 1.54) is 24.1 Å². The van der Waals surface area contributed by atoms with Gasteiger partial charge in [-0.25, -0.2) is 0 Å². The SMILES string of the molecule is COc1cc(C2c3c(oc4ccc(Cl)cc4c3=O)C(=O)N2C)ccc1O. The van der Waals surface area contributed by atoms with Crippen LogP contribution in [0.1, 0.15) is 27.7 Å². The van der Waals surface area contributed by atoms with Crippen molar-refractivity contribution in [2.75, 3.05) is 14.2 Å². The summed E-state index contributed by atoms with van der Waals surface area (Å²) in [5, 5.41) is 10.5. The summed E-state index contributed by atoms with van der Waals surface area (Å²) in [6.45, 7) is 0. The van der Waals surface area contributed by atoms with E-state index in [0.29, 0.717) is 21.6 Å². The van der Waals surface area contributed by atoms with Crippen molar-refractivity contribution in [3.63, 3.8) is 0 Å². The third-order valence-corrected chi connectivity index (χ3v) is 4.82.